The molecule has 0 radical (unpaired) electrons. The third kappa shape index (κ3) is 3.36. The molecule has 0 spiro atoms. The van der Waals surface area contributed by atoms with Crippen molar-refractivity contribution in [2.45, 2.75) is 13.1 Å². The first-order chi connectivity index (χ1) is 11.7. The van der Waals surface area contributed by atoms with Crippen molar-refractivity contribution in [1.82, 2.24) is 9.38 Å². The Morgan fingerprint density at radius 3 is 2.64 bits per heavy atom. The molecule has 3 rings (SSSR count). The predicted octanol–water partition coefficient (Wildman–Crippen LogP) is 5.33. The molecule has 2 heterocycles. The molecule has 2 aromatic heterocycles. The van der Waals surface area contributed by atoms with Crippen molar-refractivity contribution < 1.29 is 18.0 Å². The lowest BCUT2D eigenvalue weighted by Crippen LogP contribution is -2.17. The summed E-state index contributed by atoms with van der Waals surface area (Å²) in [4.78, 5) is 16.7. The molecule has 130 valence electrons. The normalized spacial score (nSPS) is 11.8. The average Bonchev–Trinajstić information content (AvgIpc) is 2.85. The van der Waals surface area contributed by atoms with Gasteiger partial charge in [0.2, 0.25) is 0 Å². The van der Waals surface area contributed by atoms with Gasteiger partial charge in [-0.2, -0.15) is 13.2 Å². The topological polar surface area (TPSA) is 46.4 Å². The van der Waals surface area contributed by atoms with Gasteiger partial charge in [-0.05, 0) is 41.1 Å². The first-order valence-electron chi connectivity index (χ1n) is 7.00. The van der Waals surface area contributed by atoms with E-state index in [0.29, 0.717) is 10.2 Å². The number of hydrogen-bond donors (Lipinski definition) is 1. The molecule has 0 fully saturated rings. The van der Waals surface area contributed by atoms with Gasteiger partial charge in [0.15, 0.2) is 5.65 Å². The number of anilines is 1. The number of pyridine rings is 1. The van der Waals surface area contributed by atoms with Crippen LogP contribution in [-0.4, -0.2) is 15.3 Å². The number of alkyl halides is 3. The minimum absolute atomic E-state index is 0.0150. The van der Waals surface area contributed by atoms with Crippen LogP contribution >= 0.6 is 27.5 Å². The third-order valence-electron chi connectivity index (χ3n) is 3.51. The van der Waals surface area contributed by atoms with Gasteiger partial charge in [0.05, 0.1) is 22.0 Å². The largest absolute Gasteiger partial charge is 0.417 e. The summed E-state index contributed by atoms with van der Waals surface area (Å²) >= 11 is 9.22. The van der Waals surface area contributed by atoms with Crippen molar-refractivity contribution in [3.05, 3.63) is 63.0 Å². The number of carbonyl (C=O) groups excluding carboxylic acids is 1. The van der Waals surface area contributed by atoms with Gasteiger partial charge in [-0.1, -0.05) is 23.7 Å². The molecular formula is C16H10BrClF3N3O. The van der Waals surface area contributed by atoms with Crippen LogP contribution in [0.15, 0.2) is 41.0 Å². The van der Waals surface area contributed by atoms with Crippen LogP contribution in [0.2, 0.25) is 5.02 Å². The van der Waals surface area contributed by atoms with Gasteiger partial charge in [0, 0.05) is 10.7 Å². The Labute approximate surface area is 153 Å². The van der Waals surface area contributed by atoms with Crippen molar-refractivity contribution in [2.75, 3.05) is 5.32 Å². The van der Waals surface area contributed by atoms with Gasteiger partial charge >= 0.3 is 6.18 Å². The zero-order chi connectivity index (χ0) is 18.4. The second kappa shape index (κ2) is 6.34. The van der Waals surface area contributed by atoms with Gasteiger partial charge in [0.25, 0.3) is 5.91 Å². The number of fused-ring (bicyclic) bond motifs is 1. The number of rotatable bonds is 2. The predicted molar refractivity (Wildman–Crippen MR) is 92.0 cm³/mol. The summed E-state index contributed by atoms with van der Waals surface area (Å²) in [5.74, 6) is -0.590. The fraction of sp³-hybridized carbons (Fsp3) is 0.125. The number of aryl methyl sites for hydroxylation is 1. The smallest absolute Gasteiger partial charge is 0.320 e. The maximum atomic E-state index is 13.0. The van der Waals surface area contributed by atoms with Crippen molar-refractivity contribution in [3.63, 3.8) is 0 Å². The number of hydrogen-bond acceptors (Lipinski definition) is 2. The monoisotopic (exact) mass is 431 g/mol. The molecule has 0 aliphatic carbocycles. The highest BCUT2D eigenvalue weighted by Crippen LogP contribution is 2.33. The van der Waals surface area contributed by atoms with E-state index >= 15 is 0 Å². The lowest BCUT2D eigenvalue weighted by atomic mass is 10.2. The summed E-state index contributed by atoms with van der Waals surface area (Å²) in [7, 11) is 0. The summed E-state index contributed by atoms with van der Waals surface area (Å²) < 4.78 is 40.8. The van der Waals surface area contributed by atoms with Gasteiger partial charge in [0.1, 0.15) is 5.69 Å². The van der Waals surface area contributed by atoms with Crippen LogP contribution in [0.4, 0.5) is 18.9 Å². The van der Waals surface area contributed by atoms with E-state index in [1.807, 2.05) is 0 Å². The molecule has 0 unspecified atom stereocenters. The Bertz CT molecular complexity index is 985. The Morgan fingerprint density at radius 1 is 1.32 bits per heavy atom. The highest BCUT2D eigenvalue weighted by Gasteiger charge is 2.33. The molecule has 1 amide bonds. The van der Waals surface area contributed by atoms with Crippen LogP contribution in [-0.2, 0) is 6.18 Å². The highest BCUT2D eigenvalue weighted by molar-refractivity contribution is 9.10. The van der Waals surface area contributed by atoms with Gasteiger partial charge in [-0.25, -0.2) is 4.98 Å². The van der Waals surface area contributed by atoms with Crippen LogP contribution in [0, 0.1) is 6.92 Å². The SMILES string of the molecule is Cc1nc2c(Cl)cc(C(F)(F)F)cn2c1C(=O)Nc1ccccc1Br. The summed E-state index contributed by atoms with van der Waals surface area (Å²) in [5, 5.41) is 2.47. The Kier molecular flexibility index (Phi) is 4.51. The summed E-state index contributed by atoms with van der Waals surface area (Å²) in [6.45, 7) is 1.53. The molecule has 25 heavy (non-hydrogen) atoms. The van der Waals surface area contributed by atoms with Crippen molar-refractivity contribution in [2.24, 2.45) is 0 Å². The number of aromatic nitrogens is 2. The van der Waals surface area contributed by atoms with Crippen molar-refractivity contribution >= 4 is 44.8 Å². The molecule has 4 nitrogen and oxygen atoms in total. The molecule has 1 aromatic carbocycles. The zero-order valence-corrected chi connectivity index (χ0v) is 15.0. The Morgan fingerprint density at radius 2 is 2.00 bits per heavy atom. The molecule has 0 aliphatic heterocycles. The number of nitrogens with one attached hydrogen (secondary N) is 1. The lowest BCUT2D eigenvalue weighted by molar-refractivity contribution is -0.137. The van der Waals surface area contributed by atoms with Gasteiger partial charge in [-0.15, -0.1) is 0 Å². The number of carbonyl (C=O) groups is 1. The lowest BCUT2D eigenvalue weighted by Gasteiger charge is -2.11. The minimum atomic E-state index is -4.59. The van der Waals surface area contributed by atoms with Crippen LogP contribution < -0.4 is 5.32 Å². The van der Waals surface area contributed by atoms with E-state index in [2.05, 4.69) is 26.2 Å². The molecule has 9 heteroatoms. The second-order valence-electron chi connectivity index (χ2n) is 5.25. The average molecular weight is 433 g/mol. The fourth-order valence-electron chi connectivity index (χ4n) is 2.39. The van der Waals surface area contributed by atoms with E-state index in [1.165, 1.54) is 6.92 Å². The van der Waals surface area contributed by atoms with E-state index < -0.39 is 17.6 Å². The van der Waals surface area contributed by atoms with Crippen molar-refractivity contribution in [1.29, 1.82) is 0 Å². The standard InChI is InChI=1S/C16H10BrClF3N3O/c1-8-13(15(25)23-12-5-3-2-4-10(12)17)24-7-9(16(19,20)21)6-11(18)14(24)22-8/h2-7H,1H3,(H,23,25). The summed E-state index contributed by atoms with van der Waals surface area (Å²) in [5.41, 5.74) is -0.133. The Hall–Kier alpha value is -2.06. The van der Waals surface area contributed by atoms with E-state index in [1.54, 1.807) is 24.3 Å². The number of nitrogens with zero attached hydrogens (tertiary/aromatic N) is 2. The molecule has 0 saturated heterocycles. The first-order valence-corrected chi connectivity index (χ1v) is 8.17. The summed E-state index contributed by atoms with van der Waals surface area (Å²) in [6, 6.07) is 7.68. The second-order valence-corrected chi connectivity index (χ2v) is 6.51. The number of amides is 1. The molecule has 0 saturated carbocycles. The van der Waals surface area contributed by atoms with Crippen LogP contribution in [0.3, 0.4) is 0 Å². The number of halogens is 5. The third-order valence-corrected chi connectivity index (χ3v) is 4.48. The van der Waals surface area contributed by atoms with E-state index in [0.717, 1.165) is 16.7 Å². The summed E-state index contributed by atoms with van der Waals surface area (Å²) in [6.07, 6.45) is -3.78. The maximum absolute atomic E-state index is 13.0. The molecular weight excluding hydrogens is 423 g/mol. The number of imidazole rings is 1. The molecule has 0 atom stereocenters. The number of benzene rings is 1. The van der Waals surface area contributed by atoms with E-state index in [-0.39, 0.29) is 22.1 Å². The molecule has 0 aliphatic rings. The quantitative estimate of drug-likeness (QED) is 0.595. The Balaban J connectivity index is 2.12. The molecule has 0 bridgehead atoms. The van der Waals surface area contributed by atoms with E-state index in [4.69, 9.17) is 11.6 Å². The zero-order valence-electron chi connectivity index (χ0n) is 12.7. The highest BCUT2D eigenvalue weighted by atomic mass is 79.9. The van der Waals surface area contributed by atoms with Crippen LogP contribution in [0.25, 0.3) is 5.65 Å². The fourth-order valence-corrected chi connectivity index (χ4v) is 3.03. The van der Waals surface area contributed by atoms with Gasteiger partial charge < -0.3 is 5.32 Å². The minimum Gasteiger partial charge on any atom is -0.320 e. The van der Waals surface area contributed by atoms with E-state index in [9.17, 15) is 18.0 Å². The number of para-hydroxylation sites is 1. The van der Waals surface area contributed by atoms with Crippen LogP contribution in [0.1, 0.15) is 21.7 Å². The van der Waals surface area contributed by atoms with Crippen LogP contribution in [0.5, 0.6) is 0 Å². The molecule has 3 aromatic rings. The van der Waals surface area contributed by atoms with Gasteiger partial charge in [-0.3, -0.25) is 9.20 Å². The molecule has 1 N–H and O–H groups in total. The van der Waals surface area contributed by atoms with Crippen molar-refractivity contribution in [3.8, 4) is 0 Å². The first kappa shape index (κ1) is 17.8. The maximum Gasteiger partial charge on any atom is 0.417 e.